The molecule has 4 heteroatoms. The number of halogens is 1. The van der Waals surface area contributed by atoms with Crippen molar-refractivity contribution in [3.63, 3.8) is 0 Å². The van der Waals surface area contributed by atoms with Crippen LogP contribution in [0, 0.1) is 0 Å². The van der Waals surface area contributed by atoms with Gasteiger partial charge in [0.2, 0.25) is 0 Å². The van der Waals surface area contributed by atoms with Crippen LogP contribution in [-0.2, 0) is 0 Å². The molecule has 0 unspecified atom stereocenters. The summed E-state index contributed by atoms with van der Waals surface area (Å²) in [7, 11) is 0. The van der Waals surface area contributed by atoms with Gasteiger partial charge in [0.15, 0.2) is 0 Å². The first kappa shape index (κ1) is 11.4. The lowest BCUT2D eigenvalue weighted by molar-refractivity contribution is 1.31. The fourth-order valence-corrected chi connectivity index (χ4v) is 2.63. The molecule has 0 aliphatic heterocycles. The Morgan fingerprint density at radius 1 is 1.06 bits per heavy atom. The number of hydrogen-bond donors (Lipinski definition) is 0. The van der Waals surface area contributed by atoms with E-state index in [0.29, 0.717) is 0 Å². The predicted octanol–water partition coefficient (Wildman–Crippen LogP) is 4.53. The second-order valence-corrected chi connectivity index (χ2v) is 5.08. The Hall–Kier alpha value is -1.71. The zero-order valence-electron chi connectivity index (χ0n) is 9.38. The van der Waals surface area contributed by atoms with Crippen LogP contribution in [-0.4, -0.2) is 9.97 Å². The Balaban J connectivity index is 2.10. The topological polar surface area (TPSA) is 25.8 Å². The maximum Gasteiger partial charge on any atom is 0.124 e. The van der Waals surface area contributed by atoms with Crippen LogP contribution in [0.5, 0.6) is 0 Å². The van der Waals surface area contributed by atoms with Crippen molar-refractivity contribution in [2.45, 2.75) is 0 Å². The quantitative estimate of drug-likeness (QED) is 0.685. The number of pyridine rings is 1. The molecule has 0 aliphatic rings. The molecule has 0 atom stereocenters. The fourth-order valence-electron chi connectivity index (χ4n) is 1.77. The molecule has 0 aliphatic carbocycles. The first-order valence-electron chi connectivity index (χ1n) is 5.44. The summed E-state index contributed by atoms with van der Waals surface area (Å²) in [5.41, 5.74) is 3.01. The zero-order chi connectivity index (χ0) is 12.4. The number of benzene rings is 1. The highest BCUT2D eigenvalue weighted by molar-refractivity contribution is 7.13. The third-order valence-electron chi connectivity index (χ3n) is 2.60. The van der Waals surface area contributed by atoms with E-state index in [1.165, 1.54) is 0 Å². The van der Waals surface area contributed by atoms with Gasteiger partial charge in [-0.3, -0.25) is 4.98 Å². The van der Waals surface area contributed by atoms with Crippen LogP contribution in [0.4, 0.5) is 0 Å². The molecular weight excluding hydrogens is 264 g/mol. The van der Waals surface area contributed by atoms with Crippen LogP contribution in [0.3, 0.4) is 0 Å². The lowest BCUT2D eigenvalue weighted by atomic mass is 10.1. The minimum Gasteiger partial charge on any atom is -0.263 e. The maximum atomic E-state index is 6.20. The first-order valence-corrected chi connectivity index (χ1v) is 6.70. The molecule has 0 saturated carbocycles. The summed E-state index contributed by atoms with van der Waals surface area (Å²) in [6, 6.07) is 9.83. The Morgan fingerprint density at radius 2 is 1.89 bits per heavy atom. The SMILES string of the molecule is Clc1ccccc1-c1cncc(-c2nccs2)c1. The van der Waals surface area contributed by atoms with Gasteiger partial charge in [0.25, 0.3) is 0 Å². The Bertz CT molecular complexity index is 665. The molecule has 0 N–H and O–H groups in total. The summed E-state index contributed by atoms with van der Waals surface area (Å²) < 4.78 is 0. The largest absolute Gasteiger partial charge is 0.263 e. The molecule has 0 bridgehead atoms. The Labute approximate surface area is 114 Å². The molecule has 18 heavy (non-hydrogen) atoms. The van der Waals surface area contributed by atoms with Crippen molar-refractivity contribution in [3.05, 3.63) is 59.3 Å². The van der Waals surface area contributed by atoms with Crippen LogP contribution in [0.25, 0.3) is 21.7 Å². The molecule has 0 radical (unpaired) electrons. The van der Waals surface area contributed by atoms with Gasteiger partial charge >= 0.3 is 0 Å². The highest BCUT2D eigenvalue weighted by Crippen LogP contribution is 2.30. The number of thiazole rings is 1. The lowest BCUT2D eigenvalue weighted by Gasteiger charge is -2.05. The van der Waals surface area contributed by atoms with Crippen LogP contribution in [0.2, 0.25) is 5.02 Å². The summed E-state index contributed by atoms with van der Waals surface area (Å²) >= 11 is 7.80. The fraction of sp³-hybridized carbons (Fsp3) is 0. The van der Waals surface area contributed by atoms with Crippen molar-refractivity contribution >= 4 is 22.9 Å². The molecule has 2 heterocycles. The molecule has 88 valence electrons. The molecule has 0 spiro atoms. The smallest absolute Gasteiger partial charge is 0.124 e. The molecule has 3 aromatic rings. The average molecular weight is 273 g/mol. The summed E-state index contributed by atoms with van der Waals surface area (Å²) in [6.45, 7) is 0. The van der Waals surface area contributed by atoms with E-state index in [4.69, 9.17) is 11.6 Å². The van der Waals surface area contributed by atoms with Gasteiger partial charge < -0.3 is 0 Å². The van der Waals surface area contributed by atoms with Crippen molar-refractivity contribution in [1.82, 2.24) is 9.97 Å². The van der Waals surface area contributed by atoms with Crippen molar-refractivity contribution < 1.29 is 0 Å². The summed E-state index contributed by atoms with van der Waals surface area (Å²) in [6.07, 6.45) is 5.43. The van der Waals surface area contributed by atoms with Gasteiger partial charge in [-0.15, -0.1) is 11.3 Å². The minimum absolute atomic E-state index is 0.732. The molecule has 2 aromatic heterocycles. The monoisotopic (exact) mass is 272 g/mol. The van der Waals surface area contributed by atoms with Crippen molar-refractivity contribution in [2.24, 2.45) is 0 Å². The second-order valence-electron chi connectivity index (χ2n) is 3.78. The lowest BCUT2D eigenvalue weighted by Crippen LogP contribution is -1.84. The van der Waals surface area contributed by atoms with E-state index in [2.05, 4.69) is 16.0 Å². The third kappa shape index (κ3) is 2.15. The highest BCUT2D eigenvalue weighted by atomic mass is 35.5. The van der Waals surface area contributed by atoms with E-state index >= 15 is 0 Å². The third-order valence-corrected chi connectivity index (χ3v) is 3.75. The highest BCUT2D eigenvalue weighted by Gasteiger charge is 2.06. The van der Waals surface area contributed by atoms with Crippen LogP contribution < -0.4 is 0 Å². The van der Waals surface area contributed by atoms with E-state index in [1.807, 2.05) is 42.0 Å². The van der Waals surface area contributed by atoms with Gasteiger partial charge in [-0.25, -0.2) is 4.98 Å². The molecule has 2 nitrogen and oxygen atoms in total. The molecule has 0 amide bonds. The van der Waals surface area contributed by atoms with E-state index in [9.17, 15) is 0 Å². The molecule has 0 fully saturated rings. The van der Waals surface area contributed by atoms with Gasteiger partial charge in [-0.05, 0) is 12.1 Å². The summed E-state index contributed by atoms with van der Waals surface area (Å²) in [5.74, 6) is 0. The predicted molar refractivity (Wildman–Crippen MR) is 75.8 cm³/mol. The van der Waals surface area contributed by atoms with Crippen molar-refractivity contribution in [2.75, 3.05) is 0 Å². The van der Waals surface area contributed by atoms with E-state index < -0.39 is 0 Å². The standard InChI is InChI=1S/C14H9ClN2S/c15-13-4-2-1-3-12(13)10-7-11(9-16-8-10)14-17-5-6-18-14/h1-9H. The summed E-state index contributed by atoms with van der Waals surface area (Å²) in [4.78, 5) is 8.56. The van der Waals surface area contributed by atoms with Gasteiger partial charge in [0, 0.05) is 45.7 Å². The first-order chi connectivity index (χ1) is 8.84. The van der Waals surface area contributed by atoms with Gasteiger partial charge in [-0.2, -0.15) is 0 Å². The zero-order valence-corrected chi connectivity index (χ0v) is 10.9. The van der Waals surface area contributed by atoms with Crippen LogP contribution in [0.15, 0.2) is 54.3 Å². The van der Waals surface area contributed by atoms with E-state index in [0.717, 1.165) is 26.7 Å². The second kappa shape index (κ2) is 4.88. The number of aromatic nitrogens is 2. The molecule has 3 rings (SSSR count). The number of nitrogens with zero attached hydrogens (tertiary/aromatic N) is 2. The average Bonchev–Trinajstić information content (AvgIpc) is 2.93. The van der Waals surface area contributed by atoms with Crippen LogP contribution in [0.1, 0.15) is 0 Å². The minimum atomic E-state index is 0.732. The van der Waals surface area contributed by atoms with Gasteiger partial charge in [0.05, 0.1) is 0 Å². The molecule has 0 saturated heterocycles. The number of rotatable bonds is 2. The molecular formula is C14H9ClN2S. The molecule has 1 aromatic carbocycles. The number of hydrogen-bond acceptors (Lipinski definition) is 3. The van der Waals surface area contributed by atoms with Gasteiger partial charge in [-0.1, -0.05) is 29.8 Å². The van der Waals surface area contributed by atoms with Crippen molar-refractivity contribution in [1.29, 1.82) is 0 Å². The van der Waals surface area contributed by atoms with Crippen molar-refractivity contribution in [3.8, 4) is 21.7 Å². The Kier molecular flexibility index (Phi) is 3.09. The normalized spacial score (nSPS) is 10.5. The summed E-state index contributed by atoms with van der Waals surface area (Å²) in [5, 5.41) is 3.66. The maximum absolute atomic E-state index is 6.20. The van der Waals surface area contributed by atoms with Crippen LogP contribution >= 0.6 is 22.9 Å². The van der Waals surface area contributed by atoms with E-state index in [-0.39, 0.29) is 0 Å². The Morgan fingerprint density at radius 3 is 2.67 bits per heavy atom. The van der Waals surface area contributed by atoms with E-state index in [1.54, 1.807) is 17.5 Å². The van der Waals surface area contributed by atoms with Gasteiger partial charge in [0.1, 0.15) is 5.01 Å².